The fourth-order valence-electron chi connectivity index (χ4n) is 4.11. The largest absolute Gasteiger partial charge is 0.336 e. The molecule has 0 bridgehead atoms. The van der Waals surface area contributed by atoms with Crippen LogP contribution in [0.2, 0.25) is 0 Å². The second-order valence-electron chi connectivity index (χ2n) is 8.59. The number of carbonyl (C=O) groups excluding carboxylic acids is 1. The monoisotopic (exact) mass is 436 g/mol. The van der Waals surface area contributed by atoms with E-state index in [0.29, 0.717) is 37.8 Å². The van der Waals surface area contributed by atoms with Crippen LogP contribution in [0.3, 0.4) is 0 Å². The highest BCUT2D eigenvalue weighted by atomic mass is 16.2. The summed E-state index contributed by atoms with van der Waals surface area (Å²) in [5.41, 5.74) is 1.02. The normalized spacial score (nSPS) is 16.3. The number of nitrogens with one attached hydrogen (secondary N) is 1. The van der Waals surface area contributed by atoms with Gasteiger partial charge in [-0.05, 0) is 26.0 Å². The Morgan fingerprint density at radius 2 is 2.06 bits per heavy atom. The summed E-state index contributed by atoms with van der Waals surface area (Å²) in [6, 6.07) is 3.29. The fraction of sp³-hybridized carbons (Fsp3) is 0.409. The Labute approximate surface area is 186 Å². The molecule has 0 aromatic carbocycles. The molecule has 0 radical (unpaired) electrons. The van der Waals surface area contributed by atoms with E-state index >= 15 is 0 Å². The molecule has 0 aliphatic carbocycles. The third-order valence-corrected chi connectivity index (χ3v) is 5.84. The maximum atomic E-state index is 12.7. The Bertz CT molecular complexity index is 1210. The predicted octanol–water partition coefficient (Wildman–Crippen LogP) is 1.38. The molecule has 10 heteroatoms. The molecule has 1 saturated heterocycles. The SMILES string of the molecule is C=CC(=O)N1CCN(CCn2c(=O)ccc3cnc(Nc4cnn(C)c4)nc32)C(C)(C)C1. The number of aromatic nitrogens is 5. The molecular weight excluding hydrogens is 408 g/mol. The van der Waals surface area contributed by atoms with Crippen LogP contribution in [0, 0.1) is 0 Å². The van der Waals surface area contributed by atoms with E-state index in [2.05, 4.69) is 45.7 Å². The number of anilines is 2. The maximum Gasteiger partial charge on any atom is 0.252 e. The minimum Gasteiger partial charge on any atom is -0.336 e. The quantitative estimate of drug-likeness (QED) is 0.583. The number of hydrogen-bond acceptors (Lipinski definition) is 7. The van der Waals surface area contributed by atoms with Gasteiger partial charge in [-0.1, -0.05) is 6.58 Å². The third-order valence-electron chi connectivity index (χ3n) is 5.84. The highest BCUT2D eigenvalue weighted by Crippen LogP contribution is 2.21. The van der Waals surface area contributed by atoms with E-state index in [-0.39, 0.29) is 17.0 Å². The van der Waals surface area contributed by atoms with Crippen molar-refractivity contribution >= 4 is 28.6 Å². The van der Waals surface area contributed by atoms with Gasteiger partial charge in [-0.3, -0.25) is 23.7 Å². The molecule has 168 valence electrons. The Morgan fingerprint density at radius 3 is 2.75 bits per heavy atom. The van der Waals surface area contributed by atoms with Crippen molar-refractivity contribution < 1.29 is 4.79 Å². The zero-order chi connectivity index (χ0) is 22.9. The van der Waals surface area contributed by atoms with E-state index in [0.717, 1.165) is 17.6 Å². The molecule has 1 aliphatic heterocycles. The number of rotatable bonds is 6. The average molecular weight is 437 g/mol. The van der Waals surface area contributed by atoms with Crippen LogP contribution >= 0.6 is 0 Å². The molecule has 0 atom stereocenters. The van der Waals surface area contributed by atoms with Crippen molar-refractivity contribution in [1.82, 2.24) is 34.1 Å². The summed E-state index contributed by atoms with van der Waals surface area (Å²) in [5.74, 6) is 0.357. The van der Waals surface area contributed by atoms with Crippen LogP contribution in [0.4, 0.5) is 11.6 Å². The number of amides is 1. The van der Waals surface area contributed by atoms with Gasteiger partial charge >= 0.3 is 0 Å². The number of nitrogens with zero attached hydrogens (tertiary/aromatic N) is 7. The molecule has 1 fully saturated rings. The molecule has 4 heterocycles. The minimum atomic E-state index is -0.215. The fourth-order valence-corrected chi connectivity index (χ4v) is 4.11. The van der Waals surface area contributed by atoms with Crippen molar-refractivity contribution in [3.8, 4) is 0 Å². The van der Waals surface area contributed by atoms with Gasteiger partial charge in [-0.2, -0.15) is 10.1 Å². The maximum absolute atomic E-state index is 12.7. The van der Waals surface area contributed by atoms with Crippen LogP contribution in [0.15, 0.2) is 48.2 Å². The zero-order valence-electron chi connectivity index (χ0n) is 18.7. The Morgan fingerprint density at radius 1 is 1.25 bits per heavy atom. The van der Waals surface area contributed by atoms with Gasteiger partial charge in [-0.25, -0.2) is 4.98 Å². The van der Waals surface area contributed by atoms with Gasteiger partial charge in [0, 0.05) is 69.2 Å². The first kappa shape index (κ1) is 21.7. The molecule has 1 amide bonds. The summed E-state index contributed by atoms with van der Waals surface area (Å²) in [6.45, 7) is 10.9. The van der Waals surface area contributed by atoms with E-state index < -0.39 is 0 Å². The van der Waals surface area contributed by atoms with E-state index in [4.69, 9.17) is 0 Å². The topological polar surface area (TPSA) is 101 Å². The van der Waals surface area contributed by atoms with Crippen molar-refractivity contribution in [1.29, 1.82) is 0 Å². The number of piperazine rings is 1. The zero-order valence-corrected chi connectivity index (χ0v) is 18.7. The first-order valence-electron chi connectivity index (χ1n) is 10.6. The smallest absolute Gasteiger partial charge is 0.252 e. The minimum absolute atomic E-state index is 0.0478. The number of aryl methyl sites for hydroxylation is 1. The van der Waals surface area contributed by atoms with Crippen molar-refractivity contribution in [2.75, 3.05) is 31.5 Å². The molecule has 0 unspecified atom stereocenters. The number of pyridine rings is 1. The van der Waals surface area contributed by atoms with Crippen LogP contribution in [0.5, 0.6) is 0 Å². The molecule has 3 aromatic rings. The summed E-state index contributed by atoms with van der Waals surface area (Å²) in [5, 5.41) is 8.05. The summed E-state index contributed by atoms with van der Waals surface area (Å²) in [7, 11) is 1.83. The van der Waals surface area contributed by atoms with E-state index in [1.165, 1.54) is 6.08 Å². The van der Waals surface area contributed by atoms with Crippen molar-refractivity contribution in [3.05, 3.63) is 53.7 Å². The van der Waals surface area contributed by atoms with Crippen molar-refractivity contribution in [3.63, 3.8) is 0 Å². The molecular formula is C22H28N8O2. The second kappa shape index (κ2) is 8.54. The molecule has 3 aromatic heterocycles. The van der Waals surface area contributed by atoms with Gasteiger partial charge in [-0.15, -0.1) is 0 Å². The first-order valence-corrected chi connectivity index (χ1v) is 10.6. The van der Waals surface area contributed by atoms with E-state index in [9.17, 15) is 9.59 Å². The Balaban J connectivity index is 1.55. The number of hydrogen-bond donors (Lipinski definition) is 1. The van der Waals surface area contributed by atoms with E-state index in [1.807, 2.05) is 18.1 Å². The highest BCUT2D eigenvalue weighted by molar-refractivity contribution is 5.87. The summed E-state index contributed by atoms with van der Waals surface area (Å²) in [6.07, 6.45) is 6.58. The second-order valence-corrected chi connectivity index (χ2v) is 8.59. The highest BCUT2D eigenvalue weighted by Gasteiger charge is 2.34. The van der Waals surface area contributed by atoms with Gasteiger partial charge in [0.15, 0.2) is 0 Å². The van der Waals surface area contributed by atoms with Crippen LogP contribution < -0.4 is 10.9 Å². The van der Waals surface area contributed by atoms with Gasteiger partial charge in [0.05, 0.1) is 11.9 Å². The molecule has 0 spiro atoms. The van der Waals surface area contributed by atoms with Gasteiger partial charge in [0.1, 0.15) is 5.65 Å². The third kappa shape index (κ3) is 4.40. The molecule has 32 heavy (non-hydrogen) atoms. The van der Waals surface area contributed by atoms with Crippen molar-refractivity contribution in [2.24, 2.45) is 7.05 Å². The summed E-state index contributed by atoms with van der Waals surface area (Å²) < 4.78 is 3.37. The first-order chi connectivity index (χ1) is 15.3. The lowest BCUT2D eigenvalue weighted by molar-refractivity contribution is -0.131. The van der Waals surface area contributed by atoms with Gasteiger partial charge in [0.25, 0.3) is 5.56 Å². The average Bonchev–Trinajstić information content (AvgIpc) is 3.17. The molecule has 1 N–H and O–H groups in total. The van der Waals surface area contributed by atoms with E-state index in [1.54, 1.807) is 33.8 Å². The molecule has 1 aliphatic rings. The predicted molar refractivity (Wildman–Crippen MR) is 123 cm³/mol. The van der Waals surface area contributed by atoms with Gasteiger partial charge in [0.2, 0.25) is 11.9 Å². The molecule has 0 saturated carbocycles. The lowest BCUT2D eigenvalue weighted by Gasteiger charge is -2.47. The lowest BCUT2D eigenvalue weighted by Crippen LogP contribution is -2.60. The van der Waals surface area contributed by atoms with Crippen LogP contribution in [-0.4, -0.2) is 71.7 Å². The number of carbonyl (C=O) groups is 1. The van der Waals surface area contributed by atoms with Crippen LogP contribution in [0.1, 0.15) is 13.8 Å². The Kier molecular flexibility index (Phi) is 5.79. The Hall–Kier alpha value is -3.53. The van der Waals surface area contributed by atoms with Crippen molar-refractivity contribution in [2.45, 2.75) is 25.9 Å². The standard InChI is InChI=1S/C22H28N8O2/c1-5-18(31)28-8-9-29(22(2,3)15-28)10-11-30-19(32)7-6-16-12-23-21(26-20(16)30)25-17-13-24-27(4)14-17/h5-7,12-14H,1,8-11,15H2,2-4H3,(H,23,25,26). The van der Waals surface area contributed by atoms with Gasteiger partial charge < -0.3 is 10.2 Å². The lowest BCUT2D eigenvalue weighted by atomic mass is 9.98. The summed E-state index contributed by atoms with van der Waals surface area (Å²) >= 11 is 0. The number of fused-ring (bicyclic) bond motifs is 1. The van der Waals surface area contributed by atoms with Crippen LogP contribution in [-0.2, 0) is 18.4 Å². The molecule has 4 rings (SSSR count). The summed E-state index contributed by atoms with van der Waals surface area (Å²) in [4.78, 5) is 37.8. The van der Waals surface area contributed by atoms with Crippen LogP contribution in [0.25, 0.3) is 11.0 Å². The molecule has 10 nitrogen and oxygen atoms in total.